The fraction of sp³-hybridized carbons (Fsp3) is 0.474. The number of hydrogen-bond acceptors (Lipinski definition) is 5. The minimum absolute atomic E-state index is 0.0291. The SMILES string of the molecule is C[C@H](Sc1nnc([C@H](C)NC(=O)c2ccccc2F)n1C)C(=O)NC(C)(C)C. The maximum Gasteiger partial charge on any atom is 0.254 e. The number of amides is 2. The van der Waals surface area contributed by atoms with Crippen LogP contribution in [0, 0.1) is 5.82 Å². The highest BCUT2D eigenvalue weighted by molar-refractivity contribution is 8.00. The minimum Gasteiger partial charge on any atom is -0.351 e. The van der Waals surface area contributed by atoms with Crippen LogP contribution in [0.4, 0.5) is 4.39 Å². The molecule has 2 amide bonds. The molecule has 2 atom stereocenters. The normalized spacial score (nSPS) is 13.7. The predicted octanol–water partition coefficient (Wildman–Crippen LogP) is 2.84. The van der Waals surface area contributed by atoms with E-state index in [4.69, 9.17) is 0 Å². The third-order valence-electron chi connectivity index (χ3n) is 3.87. The van der Waals surface area contributed by atoms with Crippen LogP contribution in [-0.4, -0.2) is 37.4 Å². The van der Waals surface area contributed by atoms with Crippen molar-refractivity contribution >= 4 is 23.6 Å². The first-order valence-corrected chi connectivity index (χ1v) is 9.81. The van der Waals surface area contributed by atoms with Crippen LogP contribution < -0.4 is 10.6 Å². The second kappa shape index (κ2) is 8.72. The second-order valence-electron chi connectivity index (χ2n) is 7.57. The van der Waals surface area contributed by atoms with Gasteiger partial charge >= 0.3 is 0 Å². The van der Waals surface area contributed by atoms with Crippen LogP contribution >= 0.6 is 11.8 Å². The monoisotopic (exact) mass is 407 g/mol. The molecule has 1 aromatic carbocycles. The first kappa shape index (κ1) is 21.9. The summed E-state index contributed by atoms with van der Waals surface area (Å²) < 4.78 is 15.5. The van der Waals surface area contributed by atoms with E-state index in [0.717, 1.165) is 0 Å². The van der Waals surface area contributed by atoms with Crippen LogP contribution in [0.2, 0.25) is 0 Å². The minimum atomic E-state index is -0.583. The van der Waals surface area contributed by atoms with Crippen molar-refractivity contribution in [2.75, 3.05) is 0 Å². The van der Waals surface area contributed by atoms with Crippen LogP contribution in [0.3, 0.4) is 0 Å². The summed E-state index contributed by atoms with van der Waals surface area (Å²) in [6, 6.07) is 5.30. The van der Waals surface area contributed by atoms with Crippen LogP contribution in [0.25, 0.3) is 0 Å². The molecule has 0 saturated heterocycles. The maximum absolute atomic E-state index is 13.8. The Morgan fingerprint density at radius 1 is 1.18 bits per heavy atom. The fourth-order valence-corrected chi connectivity index (χ4v) is 3.29. The summed E-state index contributed by atoms with van der Waals surface area (Å²) in [6.45, 7) is 9.30. The molecule has 2 aromatic rings. The molecule has 0 radical (unpaired) electrons. The Balaban J connectivity index is 2.06. The third kappa shape index (κ3) is 5.54. The molecule has 0 aliphatic carbocycles. The van der Waals surface area contributed by atoms with E-state index >= 15 is 0 Å². The Labute approximate surface area is 168 Å². The van der Waals surface area contributed by atoms with Crippen molar-refractivity contribution in [1.29, 1.82) is 0 Å². The van der Waals surface area contributed by atoms with E-state index in [9.17, 15) is 14.0 Å². The largest absolute Gasteiger partial charge is 0.351 e. The standard InChI is InChI=1S/C19H26FN5O2S/c1-11(21-17(27)13-9-7-8-10-14(13)20)15-23-24-18(25(15)6)28-12(2)16(26)22-19(3,4)5/h7-12H,1-6H3,(H,21,27)(H,22,26)/t11-,12-/m0/s1. The zero-order valence-electron chi connectivity index (χ0n) is 16.9. The summed E-state index contributed by atoms with van der Waals surface area (Å²) in [5, 5.41) is 14.1. The van der Waals surface area contributed by atoms with Gasteiger partial charge in [0.05, 0.1) is 16.9 Å². The van der Waals surface area contributed by atoms with E-state index in [1.807, 2.05) is 20.8 Å². The molecule has 28 heavy (non-hydrogen) atoms. The van der Waals surface area contributed by atoms with Gasteiger partial charge in [0, 0.05) is 12.6 Å². The lowest BCUT2D eigenvalue weighted by molar-refractivity contribution is -0.121. The highest BCUT2D eigenvalue weighted by atomic mass is 32.2. The van der Waals surface area contributed by atoms with Crippen LogP contribution in [0.1, 0.15) is 56.8 Å². The van der Waals surface area contributed by atoms with Gasteiger partial charge in [0.2, 0.25) is 5.91 Å². The lowest BCUT2D eigenvalue weighted by Gasteiger charge is -2.22. The number of thioether (sulfide) groups is 1. The van der Waals surface area contributed by atoms with Crippen molar-refractivity contribution in [2.45, 2.75) is 56.6 Å². The number of hydrogen-bond donors (Lipinski definition) is 2. The number of benzene rings is 1. The van der Waals surface area contributed by atoms with Crippen molar-refractivity contribution < 1.29 is 14.0 Å². The van der Waals surface area contributed by atoms with Gasteiger partial charge in [-0.05, 0) is 46.8 Å². The van der Waals surface area contributed by atoms with Gasteiger partial charge in [-0.1, -0.05) is 23.9 Å². The number of halogens is 1. The number of nitrogens with one attached hydrogen (secondary N) is 2. The first-order chi connectivity index (χ1) is 13.0. The number of rotatable bonds is 6. The molecule has 0 spiro atoms. The van der Waals surface area contributed by atoms with E-state index in [1.54, 1.807) is 31.5 Å². The van der Waals surface area contributed by atoms with Gasteiger partial charge in [-0.25, -0.2) is 4.39 Å². The number of carbonyl (C=O) groups is 2. The summed E-state index contributed by atoms with van der Waals surface area (Å²) >= 11 is 1.28. The fourth-order valence-electron chi connectivity index (χ4n) is 2.47. The second-order valence-corrected chi connectivity index (χ2v) is 8.88. The van der Waals surface area contributed by atoms with Gasteiger partial charge in [-0.3, -0.25) is 9.59 Å². The van der Waals surface area contributed by atoms with Gasteiger partial charge in [-0.15, -0.1) is 10.2 Å². The zero-order valence-corrected chi connectivity index (χ0v) is 17.7. The summed E-state index contributed by atoms with van der Waals surface area (Å²) in [4.78, 5) is 24.6. The Kier molecular flexibility index (Phi) is 6.82. The van der Waals surface area contributed by atoms with Crippen molar-refractivity contribution in [1.82, 2.24) is 25.4 Å². The molecule has 1 aromatic heterocycles. The Hall–Kier alpha value is -2.42. The van der Waals surface area contributed by atoms with E-state index in [1.165, 1.54) is 30.0 Å². The molecule has 0 fully saturated rings. The topological polar surface area (TPSA) is 88.9 Å². The summed E-state index contributed by atoms with van der Waals surface area (Å²) in [5.41, 5.74) is -0.346. The smallest absolute Gasteiger partial charge is 0.254 e. The molecule has 0 unspecified atom stereocenters. The predicted molar refractivity (Wildman–Crippen MR) is 106 cm³/mol. The zero-order chi connectivity index (χ0) is 21.1. The quantitative estimate of drug-likeness (QED) is 0.719. The summed E-state index contributed by atoms with van der Waals surface area (Å²) in [6.07, 6.45) is 0. The van der Waals surface area contributed by atoms with E-state index < -0.39 is 17.8 Å². The van der Waals surface area contributed by atoms with Gasteiger partial charge in [-0.2, -0.15) is 0 Å². The lowest BCUT2D eigenvalue weighted by atomic mass is 10.1. The highest BCUT2D eigenvalue weighted by Crippen LogP contribution is 2.24. The van der Waals surface area contributed by atoms with Crippen molar-refractivity contribution in [3.05, 3.63) is 41.5 Å². The Bertz CT molecular complexity index is 862. The van der Waals surface area contributed by atoms with Gasteiger partial charge in [0.25, 0.3) is 5.91 Å². The average Bonchev–Trinajstić information content (AvgIpc) is 2.94. The number of carbonyl (C=O) groups excluding carboxylic acids is 2. The van der Waals surface area contributed by atoms with E-state index in [2.05, 4.69) is 20.8 Å². The van der Waals surface area contributed by atoms with Gasteiger partial charge < -0.3 is 15.2 Å². The molecule has 0 aliphatic heterocycles. The molecule has 1 heterocycles. The summed E-state index contributed by atoms with van der Waals surface area (Å²) in [7, 11) is 1.76. The van der Waals surface area contributed by atoms with Crippen molar-refractivity contribution in [3.63, 3.8) is 0 Å². The van der Waals surface area contributed by atoms with E-state index in [0.29, 0.717) is 11.0 Å². The molecule has 2 N–H and O–H groups in total. The highest BCUT2D eigenvalue weighted by Gasteiger charge is 2.24. The molecule has 0 saturated carbocycles. The van der Waals surface area contributed by atoms with Crippen LogP contribution in [0.5, 0.6) is 0 Å². The lowest BCUT2D eigenvalue weighted by Crippen LogP contribution is -2.44. The summed E-state index contributed by atoms with van der Waals surface area (Å²) in [5.74, 6) is -0.695. The molecule has 2 rings (SSSR count). The number of aromatic nitrogens is 3. The molecular weight excluding hydrogens is 381 g/mol. The van der Waals surface area contributed by atoms with Crippen molar-refractivity contribution in [3.8, 4) is 0 Å². The van der Waals surface area contributed by atoms with Crippen LogP contribution in [-0.2, 0) is 11.8 Å². The molecular formula is C19H26FN5O2S. The average molecular weight is 408 g/mol. The van der Waals surface area contributed by atoms with Gasteiger partial charge in [0.1, 0.15) is 5.82 Å². The van der Waals surface area contributed by atoms with Gasteiger partial charge in [0.15, 0.2) is 11.0 Å². The first-order valence-electron chi connectivity index (χ1n) is 8.93. The van der Waals surface area contributed by atoms with Crippen LogP contribution in [0.15, 0.2) is 29.4 Å². The molecule has 7 nitrogen and oxygen atoms in total. The molecule has 152 valence electrons. The van der Waals surface area contributed by atoms with E-state index in [-0.39, 0.29) is 22.3 Å². The molecule has 9 heteroatoms. The maximum atomic E-state index is 13.8. The van der Waals surface area contributed by atoms with Crippen molar-refractivity contribution in [2.24, 2.45) is 7.05 Å². The Morgan fingerprint density at radius 2 is 1.82 bits per heavy atom. The molecule has 0 aliphatic rings. The number of nitrogens with zero attached hydrogens (tertiary/aromatic N) is 3. The molecule has 0 bridgehead atoms. The third-order valence-corrected chi connectivity index (χ3v) is 5.01. The Morgan fingerprint density at radius 3 is 2.43 bits per heavy atom.